The molecule has 1 aromatic carbocycles. The highest BCUT2D eigenvalue weighted by atomic mass is 19.1. The Morgan fingerprint density at radius 3 is 2.63 bits per heavy atom. The molecule has 3 aromatic rings. The first kappa shape index (κ1) is 17.3. The Bertz CT molecular complexity index is 909. The molecule has 0 amide bonds. The summed E-state index contributed by atoms with van der Waals surface area (Å²) in [4.78, 5) is 13.3. The predicted octanol–water partition coefficient (Wildman–Crippen LogP) is 2.37. The Morgan fingerprint density at radius 1 is 1.11 bits per heavy atom. The van der Waals surface area contributed by atoms with E-state index in [2.05, 4.69) is 25.1 Å². The number of fused-ring (bicyclic) bond motifs is 1. The number of guanidine groups is 1. The number of rotatable bonds is 3. The van der Waals surface area contributed by atoms with Gasteiger partial charge in [-0.3, -0.25) is 4.99 Å². The SMILES string of the molecule is CN=C(NCc1cn2ccccc2n1)N1CCN(c2ccccc2F)CC1. The highest BCUT2D eigenvalue weighted by Crippen LogP contribution is 2.20. The Balaban J connectivity index is 1.36. The predicted molar refractivity (Wildman–Crippen MR) is 106 cm³/mol. The minimum atomic E-state index is -0.166. The van der Waals surface area contributed by atoms with E-state index < -0.39 is 0 Å². The van der Waals surface area contributed by atoms with Crippen molar-refractivity contribution >= 4 is 17.3 Å². The molecule has 6 nitrogen and oxygen atoms in total. The molecule has 1 fully saturated rings. The summed E-state index contributed by atoms with van der Waals surface area (Å²) in [5, 5.41) is 3.39. The molecular weight excluding hydrogens is 343 g/mol. The zero-order chi connectivity index (χ0) is 18.6. The van der Waals surface area contributed by atoms with E-state index in [4.69, 9.17) is 0 Å². The van der Waals surface area contributed by atoms with Crippen LogP contribution in [0.4, 0.5) is 10.1 Å². The molecule has 1 N–H and O–H groups in total. The fourth-order valence-electron chi connectivity index (χ4n) is 3.44. The van der Waals surface area contributed by atoms with Crippen molar-refractivity contribution in [3.8, 4) is 0 Å². The lowest BCUT2D eigenvalue weighted by molar-refractivity contribution is 0.370. The van der Waals surface area contributed by atoms with Crippen LogP contribution >= 0.6 is 0 Å². The number of pyridine rings is 1. The van der Waals surface area contributed by atoms with Crippen LogP contribution in [0, 0.1) is 5.82 Å². The van der Waals surface area contributed by atoms with E-state index in [1.165, 1.54) is 6.07 Å². The van der Waals surface area contributed by atoms with Crippen LogP contribution in [-0.2, 0) is 6.54 Å². The lowest BCUT2D eigenvalue weighted by atomic mass is 10.2. The van der Waals surface area contributed by atoms with Crippen molar-refractivity contribution in [2.45, 2.75) is 6.54 Å². The minimum absolute atomic E-state index is 0.166. The van der Waals surface area contributed by atoms with E-state index in [0.717, 1.165) is 43.5 Å². The van der Waals surface area contributed by atoms with E-state index in [1.54, 1.807) is 13.1 Å². The topological polar surface area (TPSA) is 48.2 Å². The number of para-hydroxylation sites is 1. The van der Waals surface area contributed by atoms with E-state index in [1.807, 2.05) is 47.1 Å². The standard InChI is InChI=1S/C20H23FN6/c1-22-20(23-14-16-15-27-9-5-4-8-19(27)24-16)26-12-10-25(11-13-26)18-7-3-2-6-17(18)21/h2-9,15H,10-14H2,1H3,(H,22,23). The van der Waals surface area contributed by atoms with Crippen LogP contribution in [0.5, 0.6) is 0 Å². The summed E-state index contributed by atoms with van der Waals surface area (Å²) in [6.45, 7) is 3.71. The van der Waals surface area contributed by atoms with Crippen LogP contribution in [0.1, 0.15) is 5.69 Å². The second-order valence-corrected chi connectivity index (χ2v) is 6.52. The molecule has 3 heterocycles. The number of halogens is 1. The zero-order valence-corrected chi connectivity index (χ0v) is 15.3. The second-order valence-electron chi connectivity index (χ2n) is 6.52. The third-order valence-corrected chi connectivity index (χ3v) is 4.83. The molecule has 0 aliphatic carbocycles. The molecular formula is C20H23FN6. The molecule has 0 unspecified atom stereocenters. The smallest absolute Gasteiger partial charge is 0.194 e. The monoisotopic (exact) mass is 366 g/mol. The molecule has 7 heteroatoms. The molecule has 27 heavy (non-hydrogen) atoms. The third-order valence-electron chi connectivity index (χ3n) is 4.83. The Hall–Kier alpha value is -3.09. The van der Waals surface area contributed by atoms with Gasteiger partial charge in [-0.05, 0) is 24.3 Å². The maximum absolute atomic E-state index is 14.0. The van der Waals surface area contributed by atoms with Gasteiger partial charge in [-0.2, -0.15) is 0 Å². The van der Waals surface area contributed by atoms with Crippen molar-refractivity contribution in [2.24, 2.45) is 4.99 Å². The first-order chi connectivity index (χ1) is 13.2. The Kier molecular flexibility index (Phi) is 4.91. The number of hydrogen-bond acceptors (Lipinski definition) is 3. The molecule has 0 radical (unpaired) electrons. The van der Waals surface area contributed by atoms with Gasteiger partial charge in [0.15, 0.2) is 5.96 Å². The lowest BCUT2D eigenvalue weighted by Gasteiger charge is -2.37. The Labute approximate surface area is 158 Å². The van der Waals surface area contributed by atoms with Crippen LogP contribution in [-0.4, -0.2) is 53.5 Å². The average Bonchev–Trinajstić information content (AvgIpc) is 3.12. The maximum atomic E-state index is 14.0. The first-order valence-electron chi connectivity index (χ1n) is 9.12. The normalized spacial score (nSPS) is 15.4. The van der Waals surface area contributed by atoms with Gasteiger partial charge in [0.2, 0.25) is 0 Å². The molecule has 1 saturated heterocycles. The number of hydrogen-bond donors (Lipinski definition) is 1. The number of piperazine rings is 1. The van der Waals surface area contributed by atoms with Gasteiger partial charge in [0.05, 0.1) is 17.9 Å². The highest BCUT2D eigenvalue weighted by molar-refractivity contribution is 5.80. The number of imidazole rings is 1. The molecule has 0 spiro atoms. The summed E-state index contributed by atoms with van der Waals surface area (Å²) >= 11 is 0. The van der Waals surface area contributed by atoms with Gasteiger partial charge in [-0.15, -0.1) is 0 Å². The van der Waals surface area contributed by atoms with E-state index in [0.29, 0.717) is 12.2 Å². The minimum Gasteiger partial charge on any atom is -0.366 e. The van der Waals surface area contributed by atoms with Crippen molar-refractivity contribution in [3.63, 3.8) is 0 Å². The van der Waals surface area contributed by atoms with Crippen molar-refractivity contribution in [3.05, 3.63) is 66.4 Å². The van der Waals surface area contributed by atoms with Crippen LogP contribution in [0.3, 0.4) is 0 Å². The summed E-state index contributed by atoms with van der Waals surface area (Å²) < 4.78 is 16.0. The van der Waals surface area contributed by atoms with Crippen LogP contribution < -0.4 is 10.2 Å². The number of benzene rings is 1. The largest absolute Gasteiger partial charge is 0.366 e. The summed E-state index contributed by atoms with van der Waals surface area (Å²) in [5.74, 6) is 0.681. The number of nitrogens with zero attached hydrogens (tertiary/aromatic N) is 5. The molecule has 2 aromatic heterocycles. The number of anilines is 1. The molecule has 0 bridgehead atoms. The third kappa shape index (κ3) is 3.72. The molecule has 0 saturated carbocycles. The number of aromatic nitrogens is 2. The summed E-state index contributed by atoms with van der Waals surface area (Å²) in [7, 11) is 1.79. The fourth-order valence-corrected chi connectivity index (χ4v) is 3.44. The van der Waals surface area contributed by atoms with Gasteiger partial charge in [-0.1, -0.05) is 18.2 Å². The van der Waals surface area contributed by atoms with Crippen LogP contribution in [0.2, 0.25) is 0 Å². The van der Waals surface area contributed by atoms with Crippen molar-refractivity contribution < 1.29 is 4.39 Å². The quantitative estimate of drug-likeness (QED) is 0.571. The van der Waals surface area contributed by atoms with Gasteiger partial charge in [-0.25, -0.2) is 9.37 Å². The molecule has 1 aliphatic heterocycles. The number of nitrogens with one attached hydrogen (secondary N) is 1. The Morgan fingerprint density at radius 2 is 1.89 bits per heavy atom. The van der Waals surface area contributed by atoms with Gasteiger partial charge >= 0.3 is 0 Å². The lowest BCUT2D eigenvalue weighted by Crippen LogP contribution is -2.52. The van der Waals surface area contributed by atoms with E-state index >= 15 is 0 Å². The van der Waals surface area contributed by atoms with Crippen LogP contribution in [0.25, 0.3) is 5.65 Å². The highest BCUT2D eigenvalue weighted by Gasteiger charge is 2.21. The van der Waals surface area contributed by atoms with Crippen LogP contribution in [0.15, 0.2) is 59.9 Å². The van der Waals surface area contributed by atoms with Crippen molar-refractivity contribution in [1.29, 1.82) is 0 Å². The molecule has 1 aliphatic rings. The zero-order valence-electron chi connectivity index (χ0n) is 15.3. The van der Waals surface area contributed by atoms with E-state index in [-0.39, 0.29) is 5.82 Å². The summed E-state index contributed by atoms with van der Waals surface area (Å²) in [6, 6.07) is 12.9. The number of aliphatic imine (C=N–C) groups is 1. The second kappa shape index (κ2) is 7.65. The fraction of sp³-hybridized carbons (Fsp3) is 0.300. The molecule has 140 valence electrons. The summed E-state index contributed by atoms with van der Waals surface area (Å²) in [6.07, 6.45) is 4.01. The maximum Gasteiger partial charge on any atom is 0.194 e. The van der Waals surface area contributed by atoms with Gasteiger partial charge < -0.3 is 19.5 Å². The summed E-state index contributed by atoms with van der Waals surface area (Å²) in [5.41, 5.74) is 2.57. The average molecular weight is 366 g/mol. The van der Waals surface area contributed by atoms with Crippen molar-refractivity contribution in [1.82, 2.24) is 19.6 Å². The van der Waals surface area contributed by atoms with Gasteiger partial charge in [0.1, 0.15) is 11.5 Å². The van der Waals surface area contributed by atoms with Gasteiger partial charge in [0.25, 0.3) is 0 Å². The van der Waals surface area contributed by atoms with Crippen molar-refractivity contribution in [2.75, 3.05) is 38.1 Å². The molecule has 0 atom stereocenters. The first-order valence-corrected chi connectivity index (χ1v) is 9.12. The van der Waals surface area contributed by atoms with Gasteiger partial charge in [0, 0.05) is 45.6 Å². The molecule has 4 rings (SSSR count). The van der Waals surface area contributed by atoms with E-state index in [9.17, 15) is 4.39 Å².